The van der Waals surface area contributed by atoms with Gasteiger partial charge in [0.2, 0.25) is 10.0 Å². The summed E-state index contributed by atoms with van der Waals surface area (Å²) in [5, 5.41) is 8.04. The second-order valence-corrected chi connectivity index (χ2v) is 11.8. The number of hydrogen-bond donors (Lipinski definition) is 1. The van der Waals surface area contributed by atoms with Crippen LogP contribution in [0.3, 0.4) is 0 Å². The number of amides is 1. The molecular formula is C25H27ClN6O3S. The molecule has 0 aliphatic heterocycles. The number of nitrogens with zero attached hydrogens (tertiary/aromatic N) is 5. The summed E-state index contributed by atoms with van der Waals surface area (Å²) >= 11 is 6.45. The molecule has 1 fully saturated rings. The van der Waals surface area contributed by atoms with Crippen LogP contribution in [0.1, 0.15) is 36.0 Å². The van der Waals surface area contributed by atoms with Gasteiger partial charge in [0, 0.05) is 56.1 Å². The minimum atomic E-state index is -3.66. The first-order chi connectivity index (χ1) is 17.1. The van der Waals surface area contributed by atoms with Gasteiger partial charge in [-0.05, 0) is 37.1 Å². The summed E-state index contributed by atoms with van der Waals surface area (Å²) in [5.41, 5.74) is 2.84. The highest BCUT2D eigenvalue weighted by Crippen LogP contribution is 2.36. The van der Waals surface area contributed by atoms with E-state index in [1.807, 2.05) is 6.07 Å². The van der Waals surface area contributed by atoms with Gasteiger partial charge in [-0.2, -0.15) is 5.10 Å². The minimum absolute atomic E-state index is 0.152. The maximum absolute atomic E-state index is 13.8. The molecule has 1 amide bonds. The molecule has 0 atom stereocenters. The summed E-state index contributed by atoms with van der Waals surface area (Å²) in [5.74, 6) is 0.288. The summed E-state index contributed by atoms with van der Waals surface area (Å²) in [6, 6.07) is 8.54. The molecule has 3 aromatic heterocycles. The lowest BCUT2D eigenvalue weighted by atomic mass is 10.2. The normalized spacial score (nSPS) is 14.4. The van der Waals surface area contributed by atoms with E-state index >= 15 is 0 Å². The van der Waals surface area contributed by atoms with Crippen molar-refractivity contribution < 1.29 is 13.2 Å². The Morgan fingerprint density at radius 3 is 2.53 bits per heavy atom. The predicted molar refractivity (Wildman–Crippen MR) is 141 cm³/mol. The number of pyridine rings is 1. The van der Waals surface area contributed by atoms with Gasteiger partial charge in [0.05, 0.1) is 33.4 Å². The molecule has 5 rings (SSSR count). The molecule has 11 heteroatoms. The number of benzene rings is 1. The van der Waals surface area contributed by atoms with Crippen molar-refractivity contribution >= 4 is 49.9 Å². The third-order valence-corrected chi connectivity index (χ3v) is 9.03. The fourth-order valence-corrected chi connectivity index (χ4v) is 6.98. The van der Waals surface area contributed by atoms with Crippen molar-refractivity contribution in [1.29, 1.82) is 0 Å². The van der Waals surface area contributed by atoms with Crippen LogP contribution >= 0.6 is 11.6 Å². The number of aromatic nitrogens is 4. The van der Waals surface area contributed by atoms with E-state index in [0.717, 1.165) is 12.8 Å². The molecule has 1 aromatic carbocycles. The van der Waals surface area contributed by atoms with Gasteiger partial charge in [-0.3, -0.25) is 9.48 Å². The van der Waals surface area contributed by atoms with E-state index in [4.69, 9.17) is 11.6 Å². The second kappa shape index (κ2) is 9.25. The van der Waals surface area contributed by atoms with Crippen LogP contribution in [0, 0.1) is 0 Å². The Hall–Kier alpha value is -3.37. The number of aryl methyl sites for hydroxylation is 1. The first-order valence-electron chi connectivity index (χ1n) is 11.7. The van der Waals surface area contributed by atoms with E-state index in [1.165, 1.54) is 8.87 Å². The van der Waals surface area contributed by atoms with Crippen molar-refractivity contribution in [3.05, 3.63) is 59.5 Å². The highest BCUT2D eigenvalue weighted by atomic mass is 35.5. The smallest absolute Gasteiger partial charge is 0.253 e. The Labute approximate surface area is 214 Å². The van der Waals surface area contributed by atoms with E-state index in [2.05, 4.69) is 15.4 Å². The van der Waals surface area contributed by atoms with Crippen LogP contribution in [0.25, 0.3) is 22.2 Å². The summed E-state index contributed by atoms with van der Waals surface area (Å²) in [4.78, 5) is 18.2. The lowest BCUT2D eigenvalue weighted by molar-refractivity contribution is 0.0827. The number of halogens is 1. The number of carbonyl (C=O) groups excluding carboxylic acids is 1. The standard InChI is InChI=1S/C25H27ClN6O3S/c1-30(2)25(33)16-8-9-21(20(26)10-16)29-24-12-23-17(13-27-24)11-22(18-14-28-31(3)15-18)32(23)36(34,35)19-6-4-5-7-19/h8-15,19H,4-7H2,1-3H3,(H,27,29). The largest absolute Gasteiger partial charge is 0.345 e. The molecule has 188 valence electrons. The summed E-state index contributed by atoms with van der Waals surface area (Å²) in [7, 11) is 1.49. The SMILES string of the molecule is CN(C)C(=O)c1ccc(Nc2cc3c(cn2)cc(-c2cnn(C)c2)n3S(=O)(=O)C2CCCC2)c(Cl)c1. The van der Waals surface area contributed by atoms with Gasteiger partial charge in [0.25, 0.3) is 5.91 Å². The lowest BCUT2D eigenvalue weighted by Crippen LogP contribution is -2.25. The topological polar surface area (TPSA) is 102 Å². The molecule has 0 saturated heterocycles. The predicted octanol–water partition coefficient (Wildman–Crippen LogP) is 4.66. The summed E-state index contributed by atoms with van der Waals surface area (Å²) in [6.07, 6.45) is 8.23. The van der Waals surface area contributed by atoms with Crippen LogP contribution < -0.4 is 5.32 Å². The number of rotatable bonds is 6. The van der Waals surface area contributed by atoms with Crippen molar-refractivity contribution in [1.82, 2.24) is 23.6 Å². The average molecular weight is 527 g/mol. The Kier molecular flexibility index (Phi) is 6.25. The highest BCUT2D eigenvalue weighted by molar-refractivity contribution is 7.90. The Morgan fingerprint density at radius 1 is 1.14 bits per heavy atom. The van der Waals surface area contributed by atoms with E-state index < -0.39 is 15.3 Å². The number of hydrogen-bond acceptors (Lipinski definition) is 6. The molecule has 0 spiro atoms. The molecule has 1 saturated carbocycles. The molecule has 36 heavy (non-hydrogen) atoms. The van der Waals surface area contributed by atoms with Crippen LogP contribution in [0.2, 0.25) is 5.02 Å². The zero-order valence-electron chi connectivity index (χ0n) is 20.3. The molecule has 1 aliphatic rings. The van der Waals surface area contributed by atoms with Crippen molar-refractivity contribution in [3.63, 3.8) is 0 Å². The molecule has 0 radical (unpaired) electrons. The quantitative estimate of drug-likeness (QED) is 0.392. The monoisotopic (exact) mass is 526 g/mol. The molecular weight excluding hydrogens is 500 g/mol. The maximum atomic E-state index is 13.8. The molecule has 0 bridgehead atoms. The van der Waals surface area contributed by atoms with Crippen molar-refractivity contribution in [2.24, 2.45) is 7.05 Å². The number of fused-ring (bicyclic) bond motifs is 1. The van der Waals surface area contributed by atoms with Crippen LogP contribution in [-0.2, 0) is 17.1 Å². The number of carbonyl (C=O) groups is 1. The van der Waals surface area contributed by atoms with Gasteiger partial charge in [-0.15, -0.1) is 0 Å². The van der Waals surface area contributed by atoms with Gasteiger partial charge in [-0.25, -0.2) is 17.4 Å². The van der Waals surface area contributed by atoms with E-state index in [9.17, 15) is 13.2 Å². The van der Waals surface area contributed by atoms with Crippen LogP contribution in [-0.4, -0.2) is 57.3 Å². The third kappa shape index (κ3) is 4.35. The van der Waals surface area contributed by atoms with Crippen molar-refractivity contribution in [2.45, 2.75) is 30.9 Å². The van der Waals surface area contributed by atoms with Crippen LogP contribution in [0.4, 0.5) is 11.5 Å². The molecule has 1 N–H and O–H groups in total. The molecule has 0 unspecified atom stereocenters. The van der Waals surface area contributed by atoms with E-state index in [-0.39, 0.29) is 5.91 Å². The fraction of sp³-hybridized carbons (Fsp3) is 0.320. The Morgan fingerprint density at radius 2 is 1.89 bits per heavy atom. The molecule has 3 heterocycles. The van der Waals surface area contributed by atoms with E-state index in [0.29, 0.717) is 57.1 Å². The second-order valence-electron chi connectivity index (χ2n) is 9.30. The minimum Gasteiger partial charge on any atom is -0.345 e. The first kappa shape index (κ1) is 24.3. The van der Waals surface area contributed by atoms with Gasteiger partial charge >= 0.3 is 0 Å². The van der Waals surface area contributed by atoms with E-state index in [1.54, 1.807) is 68.7 Å². The van der Waals surface area contributed by atoms with Gasteiger partial charge in [-0.1, -0.05) is 24.4 Å². The lowest BCUT2D eigenvalue weighted by Gasteiger charge is -2.17. The average Bonchev–Trinajstić information content (AvgIpc) is 3.59. The molecule has 9 nitrogen and oxygen atoms in total. The first-order valence-corrected chi connectivity index (χ1v) is 13.6. The summed E-state index contributed by atoms with van der Waals surface area (Å²) < 4.78 is 30.8. The Balaban J connectivity index is 1.59. The Bertz CT molecular complexity index is 1570. The third-order valence-electron chi connectivity index (χ3n) is 6.51. The number of nitrogens with one attached hydrogen (secondary N) is 1. The van der Waals surface area contributed by atoms with Gasteiger partial charge in [0.1, 0.15) is 5.82 Å². The number of anilines is 2. The van der Waals surface area contributed by atoms with Crippen LogP contribution in [0.15, 0.2) is 48.9 Å². The van der Waals surface area contributed by atoms with Crippen molar-refractivity contribution in [2.75, 3.05) is 19.4 Å². The fourth-order valence-electron chi connectivity index (χ4n) is 4.66. The van der Waals surface area contributed by atoms with Gasteiger partial charge in [0.15, 0.2) is 0 Å². The zero-order chi connectivity index (χ0) is 25.6. The molecule has 1 aliphatic carbocycles. The maximum Gasteiger partial charge on any atom is 0.253 e. The summed E-state index contributed by atoms with van der Waals surface area (Å²) in [6.45, 7) is 0. The molecule has 4 aromatic rings. The van der Waals surface area contributed by atoms with Crippen LogP contribution in [0.5, 0.6) is 0 Å². The zero-order valence-corrected chi connectivity index (χ0v) is 21.8. The van der Waals surface area contributed by atoms with Gasteiger partial charge < -0.3 is 10.2 Å². The highest BCUT2D eigenvalue weighted by Gasteiger charge is 2.33. The van der Waals surface area contributed by atoms with Crippen molar-refractivity contribution in [3.8, 4) is 11.3 Å².